The van der Waals surface area contributed by atoms with Crippen molar-refractivity contribution in [1.82, 2.24) is 0 Å². The van der Waals surface area contributed by atoms with Gasteiger partial charge in [-0.15, -0.1) is 0 Å². The quantitative estimate of drug-likeness (QED) is 0.464. The second-order valence-corrected chi connectivity index (χ2v) is 4.50. The second kappa shape index (κ2) is 7.34. The zero-order valence-electron chi connectivity index (χ0n) is 11.0. The van der Waals surface area contributed by atoms with E-state index in [2.05, 4.69) is 19.2 Å². The number of hydrogen-bond donors (Lipinski definition) is 1. The third-order valence-corrected chi connectivity index (χ3v) is 2.34. The third kappa shape index (κ3) is 4.94. The second-order valence-electron chi connectivity index (χ2n) is 4.50. The number of hydrogen-bond acceptors (Lipinski definition) is 5. The summed E-state index contributed by atoms with van der Waals surface area (Å²) in [7, 11) is 0. The highest BCUT2D eigenvalue weighted by Crippen LogP contribution is 2.24. The van der Waals surface area contributed by atoms with Gasteiger partial charge in [-0.2, -0.15) is 5.26 Å². The molecule has 0 aliphatic carbocycles. The SMILES string of the molecule is CC(C)COCCNc1ccc(C#N)cc1[N+](=O)[O-]. The number of nitro benzene ring substituents is 1. The number of nitrogens with one attached hydrogen (secondary N) is 1. The van der Waals surface area contributed by atoms with Crippen LogP contribution in [0.15, 0.2) is 18.2 Å². The normalized spacial score (nSPS) is 10.2. The van der Waals surface area contributed by atoms with Crippen LogP contribution in [0.2, 0.25) is 0 Å². The summed E-state index contributed by atoms with van der Waals surface area (Å²) in [5.41, 5.74) is 0.577. The summed E-state index contributed by atoms with van der Waals surface area (Å²) >= 11 is 0. The molecule has 0 fully saturated rings. The van der Waals surface area contributed by atoms with Gasteiger partial charge in [0.25, 0.3) is 5.69 Å². The molecule has 6 nitrogen and oxygen atoms in total. The molecule has 1 aromatic carbocycles. The van der Waals surface area contributed by atoms with Crippen molar-refractivity contribution in [2.24, 2.45) is 5.92 Å². The summed E-state index contributed by atoms with van der Waals surface area (Å²) < 4.78 is 5.38. The van der Waals surface area contributed by atoms with Gasteiger partial charge in [0, 0.05) is 19.2 Å². The largest absolute Gasteiger partial charge is 0.379 e. The average molecular weight is 263 g/mol. The molecule has 1 rings (SSSR count). The van der Waals surface area contributed by atoms with Gasteiger partial charge in [0.2, 0.25) is 0 Å². The van der Waals surface area contributed by atoms with E-state index in [0.717, 1.165) is 0 Å². The number of ether oxygens (including phenoxy) is 1. The highest BCUT2D eigenvalue weighted by molar-refractivity contribution is 5.63. The Morgan fingerprint density at radius 3 is 2.84 bits per heavy atom. The molecule has 0 saturated carbocycles. The van der Waals surface area contributed by atoms with Crippen molar-refractivity contribution in [3.63, 3.8) is 0 Å². The fourth-order valence-corrected chi connectivity index (χ4v) is 1.48. The predicted octanol–water partition coefficient (Wildman–Crippen LogP) is 2.55. The Morgan fingerprint density at radius 1 is 1.53 bits per heavy atom. The molecule has 0 heterocycles. The molecule has 0 amide bonds. The van der Waals surface area contributed by atoms with Crippen LogP contribution in [0.1, 0.15) is 19.4 Å². The fraction of sp³-hybridized carbons (Fsp3) is 0.462. The number of rotatable bonds is 7. The maximum Gasteiger partial charge on any atom is 0.293 e. The molecule has 0 bridgehead atoms. The Labute approximate surface area is 112 Å². The van der Waals surface area contributed by atoms with Crippen LogP contribution in [0.3, 0.4) is 0 Å². The summed E-state index contributed by atoms with van der Waals surface area (Å²) in [6.07, 6.45) is 0. The first-order chi connectivity index (χ1) is 9.04. The summed E-state index contributed by atoms with van der Waals surface area (Å²) in [5, 5.41) is 22.6. The maximum atomic E-state index is 10.9. The molecule has 0 atom stereocenters. The van der Waals surface area contributed by atoms with Gasteiger partial charge in [0.1, 0.15) is 5.69 Å². The van der Waals surface area contributed by atoms with E-state index in [1.165, 1.54) is 6.07 Å². The first-order valence-electron chi connectivity index (χ1n) is 6.04. The molecule has 0 aliphatic heterocycles. The van der Waals surface area contributed by atoms with E-state index in [0.29, 0.717) is 31.4 Å². The van der Waals surface area contributed by atoms with E-state index in [4.69, 9.17) is 10.00 Å². The van der Waals surface area contributed by atoms with Crippen LogP contribution < -0.4 is 5.32 Å². The van der Waals surface area contributed by atoms with Crippen LogP contribution in [-0.2, 0) is 4.74 Å². The zero-order chi connectivity index (χ0) is 14.3. The topological polar surface area (TPSA) is 88.2 Å². The van der Waals surface area contributed by atoms with Crippen LogP contribution in [0, 0.1) is 27.4 Å². The van der Waals surface area contributed by atoms with Crippen LogP contribution >= 0.6 is 0 Å². The average Bonchev–Trinajstić information content (AvgIpc) is 2.38. The standard InChI is InChI=1S/C13H17N3O3/c1-10(2)9-19-6-5-15-12-4-3-11(8-14)7-13(12)16(17)18/h3-4,7,10,15H,5-6,9H2,1-2H3. The number of benzene rings is 1. The summed E-state index contributed by atoms with van der Waals surface area (Å²) in [5.74, 6) is 0.462. The summed E-state index contributed by atoms with van der Waals surface area (Å²) in [6.45, 7) is 5.74. The summed E-state index contributed by atoms with van der Waals surface area (Å²) in [4.78, 5) is 10.4. The van der Waals surface area contributed by atoms with Gasteiger partial charge in [-0.1, -0.05) is 13.8 Å². The van der Waals surface area contributed by atoms with Crippen molar-refractivity contribution in [3.8, 4) is 6.07 Å². The first kappa shape index (κ1) is 14.9. The van der Waals surface area contributed by atoms with Crippen LogP contribution in [0.4, 0.5) is 11.4 Å². The molecule has 0 saturated heterocycles. The Hall–Kier alpha value is -2.13. The monoisotopic (exact) mass is 263 g/mol. The van der Waals surface area contributed by atoms with Crippen LogP contribution in [0.5, 0.6) is 0 Å². The number of nitriles is 1. The lowest BCUT2D eigenvalue weighted by Gasteiger charge is -2.09. The summed E-state index contributed by atoms with van der Waals surface area (Å²) in [6, 6.07) is 6.23. The van der Waals surface area contributed by atoms with Crippen molar-refractivity contribution in [3.05, 3.63) is 33.9 Å². The molecule has 1 N–H and O–H groups in total. The molecule has 0 unspecified atom stereocenters. The van der Waals surface area contributed by atoms with Crippen molar-refractivity contribution in [2.45, 2.75) is 13.8 Å². The molecular formula is C13H17N3O3. The predicted molar refractivity (Wildman–Crippen MR) is 72.0 cm³/mol. The molecular weight excluding hydrogens is 246 g/mol. The smallest absolute Gasteiger partial charge is 0.293 e. The Kier molecular flexibility index (Phi) is 5.76. The van der Waals surface area contributed by atoms with Gasteiger partial charge in [-0.05, 0) is 18.1 Å². The van der Waals surface area contributed by atoms with Crippen molar-refractivity contribution in [2.75, 3.05) is 25.1 Å². The molecule has 19 heavy (non-hydrogen) atoms. The zero-order valence-corrected chi connectivity index (χ0v) is 11.0. The number of anilines is 1. The highest BCUT2D eigenvalue weighted by atomic mass is 16.6. The lowest BCUT2D eigenvalue weighted by molar-refractivity contribution is -0.384. The Bertz CT molecular complexity index is 481. The molecule has 0 aliphatic rings. The fourth-order valence-electron chi connectivity index (χ4n) is 1.48. The van der Waals surface area contributed by atoms with Crippen molar-refractivity contribution < 1.29 is 9.66 Å². The van der Waals surface area contributed by atoms with Gasteiger partial charge >= 0.3 is 0 Å². The van der Waals surface area contributed by atoms with E-state index in [-0.39, 0.29) is 11.3 Å². The van der Waals surface area contributed by atoms with E-state index in [1.54, 1.807) is 12.1 Å². The first-order valence-corrected chi connectivity index (χ1v) is 6.04. The molecule has 0 radical (unpaired) electrons. The van der Waals surface area contributed by atoms with Gasteiger partial charge in [-0.3, -0.25) is 10.1 Å². The maximum absolute atomic E-state index is 10.9. The molecule has 0 spiro atoms. The van der Waals surface area contributed by atoms with Crippen molar-refractivity contribution in [1.29, 1.82) is 5.26 Å². The number of nitrogens with zero attached hydrogens (tertiary/aromatic N) is 2. The van der Waals surface area contributed by atoms with Gasteiger partial charge in [0.05, 0.1) is 23.2 Å². The number of nitro groups is 1. The van der Waals surface area contributed by atoms with Gasteiger partial charge in [0.15, 0.2) is 0 Å². The third-order valence-electron chi connectivity index (χ3n) is 2.34. The molecule has 0 aromatic heterocycles. The highest BCUT2D eigenvalue weighted by Gasteiger charge is 2.14. The molecule has 1 aromatic rings. The Morgan fingerprint density at radius 2 is 2.26 bits per heavy atom. The lowest BCUT2D eigenvalue weighted by Crippen LogP contribution is -2.13. The minimum atomic E-state index is -0.502. The van der Waals surface area contributed by atoms with Crippen molar-refractivity contribution >= 4 is 11.4 Å². The van der Waals surface area contributed by atoms with E-state index in [1.807, 2.05) is 6.07 Å². The van der Waals surface area contributed by atoms with Crippen LogP contribution in [0.25, 0.3) is 0 Å². The molecule has 6 heteroatoms. The molecule has 102 valence electrons. The van der Waals surface area contributed by atoms with Crippen LogP contribution in [-0.4, -0.2) is 24.7 Å². The minimum Gasteiger partial charge on any atom is -0.379 e. The van der Waals surface area contributed by atoms with Gasteiger partial charge in [-0.25, -0.2) is 0 Å². The minimum absolute atomic E-state index is 0.0945. The lowest BCUT2D eigenvalue weighted by atomic mass is 10.2. The van der Waals surface area contributed by atoms with E-state index in [9.17, 15) is 10.1 Å². The van der Waals surface area contributed by atoms with E-state index < -0.39 is 4.92 Å². The Balaban J connectivity index is 2.58. The van der Waals surface area contributed by atoms with E-state index >= 15 is 0 Å². The van der Waals surface area contributed by atoms with Gasteiger partial charge < -0.3 is 10.1 Å².